The van der Waals surface area contributed by atoms with E-state index in [1.807, 2.05) is 0 Å². The quantitative estimate of drug-likeness (QED) is 0.570. The van der Waals surface area contributed by atoms with Gasteiger partial charge in [-0.25, -0.2) is 0 Å². The second-order valence-corrected chi connectivity index (χ2v) is 3.67. The van der Waals surface area contributed by atoms with Crippen LogP contribution >= 0.6 is 0 Å². The lowest BCUT2D eigenvalue weighted by atomic mass is 9.94. The minimum Gasteiger partial charge on any atom is -0.119 e. The smallest absolute Gasteiger partial charge is 0.0421 e. The van der Waals surface area contributed by atoms with Crippen molar-refractivity contribution >= 4 is 0 Å². The Bertz CT molecular complexity index is 330. The highest BCUT2D eigenvalue weighted by Gasteiger charge is 2.05. The van der Waals surface area contributed by atoms with Gasteiger partial charge in [-0.15, -0.1) is 6.42 Å². The Balaban J connectivity index is 3.22. The van der Waals surface area contributed by atoms with Crippen LogP contribution in [0, 0.1) is 33.1 Å². The second-order valence-electron chi connectivity index (χ2n) is 3.67. The van der Waals surface area contributed by atoms with E-state index < -0.39 is 0 Å². The molecule has 1 aromatic rings. The Hall–Kier alpha value is -1.22. The first-order valence-corrected chi connectivity index (χ1v) is 4.60. The SMILES string of the molecule is C#CC(C)c1cc(C)c(C)c(C)c1. The minimum atomic E-state index is 0.220. The van der Waals surface area contributed by atoms with Crippen LogP contribution in [0.3, 0.4) is 0 Å². The van der Waals surface area contributed by atoms with E-state index in [-0.39, 0.29) is 5.92 Å². The molecule has 0 spiro atoms. The second kappa shape index (κ2) is 3.66. The molecule has 1 rings (SSSR count). The molecule has 0 heteroatoms. The third kappa shape index (κ3) is 1.92. The van der Waals surface area contributed by atoms with Crippen molar-refractivity contribution in [3.05, 3.63) is 34.4 Å². The standard InChI is InChI=1S/C13H16/c1-6-9(2)13-7-10(3)12(5)11(4)8-13/h1,7-9H,2-5H3. The Morgan fingerprint density at radius 2 is 1.62 bits per heavy atom. The van der Waals surface area contributed by atoms with Gasteiger partial charge < -0.3 is 0 Å². The molecule has 0 aliphatic heterocycles. The molecule has 0 fully saturated rings. The zero-order valence-electron chi connectivity index (χ0n) is 8.81. The van der Waals surface area contributed by atoms with Crippen molar-refractivity contribution < 1.29 is 0 Å². The number of hydrogen-bond acceptors (Lipinski definition) is 0. The summed E-state index contributed by atoms with van der Waals surface area (Å²) in [6.45, 7) is 8.47. The fourth-order valence-electron chi connectivity index (χ4n) is 1.42. The van der Waals surface area contributed by atoms with Gasteiger partial charge in [0, 0.05) is 5.92 Å². The molecule has 0 aromatic heterocycles. The first-order chi connectivity index (χ1) is 6.06. The Morgan fingerprint density at radius 1 is 1.15 bits per heavy atom. The van der Waals surface area contributed by atoms with Crippen LogP contribution in [-0.2, 0) is 0 Å². The normalized spacial score (nSPS) is 12.2. The van der Waals surface area contributed by atoms with E-state index in [4.69, 9.17) is 6.42 Å². The van der Waals surface area contributed by atoms with Gasteiger partial charge in [0.15, 0.2) is 0 Å². The van der Waals surface area contributed by atoms with Gasteiger partial charge >= 0.3 is 0 Å². The van der Waals surface area contributed by atoms with Gasteiger partial charge in [0.05, 0.1) is 0 Å². The molecule has 0 amide bonds. The van der Waals surface area contributed by atoms with E-state index in [0.717, 1.165) is 0 Å². The van der Waals surface area contributed by atoms with Crippen molar-refractivity contribution in [3.63, 3.8) is 0 Å². The zero-order valence-corrected chi connectivity index (χ0v) is 8.81. The Morgan fingerprint density at radius 3 is 2.00 bits per heavy atom. The summed E-state index contributed by atoms with van der Waals surface area (Å²) in [6, 6.07) is 4.37. The van der Waals surface area contributed by atoms with Crippen LogP contribution in [-0.4, -0.2) is 0 Å². The van der Waals surface area contributed by atoms with Crippen molar-refractivity contribution in [3.8, 4) is 12.3 Å². The Kier molecular flexibility index (Phi) is 2.78. The number of hydrogen-bond donors (Lipinski definition) is 0. The van der Waals surface area contributed by atoms with Crippen molar-refractivity contribution in [2.75, 3.05) is 0 Å². The molecule has 0 bridgehead atoms. The first kappa shape index (κ1) is 9.86. The van der Waals surface area contributed by atoms with Crippen LogP contribution in [0.2, 0.25) is 0 Å². The van der Waals surface area contributed by atoms with E-state index in [9.17, 15) is 0 Å². The van der Waals surface area contributed by atoms with E-state index in [2.05, 4.69) is 45.7 Å². The summed E-state index contributed by atoms with van der Waals surface area (Å²) in [6.07, 6.45) is 5.39. The molecule has 0 saturated carbocycles. The van der Waals surface area contributed by atoms with Gasteiger partial charge in [0.25, 0.3) is 0 Å². The predicted molar refractivity (Wildman–Crippen MR) is 57.9 cm³/mol. The molecule has 0 aliphatic rings. The fraction of sp³-hybridized carbons (Fsp3) is 0.385. The molecular weight excluding hydrogens is 156 g/mol. The first-order valence-electron chi connectivity index (χ1n) is 4.60. The maximum atomic E-state index is 5.39. The summed E-state index contributed by atoms with van der Waals surface area (Å²) in [7, 11) is 0. The topological polar surface area (TPSA) is 0 Å². The molecule has 1 aromatic carbocycles. The highest BCUT2D eigenvalue weighted by Crippen LogP contribution is 2.21. The average Bonchev–Trinajstić information content (AvgIpc) is 2.12. The number of benzene rings is 1. The fourth-order valence-corrected chi connectivity index (χ4v) is 1.42. The summed E-state index contributed by atoms with van der Waals surface area (Å²) < 4.78 is 0. The van der Waals surface area contributed by atoms with E-state index in [1.165, 1.54) is 22.3 Å². The molecule has 0 heterocycles. The van der Waals surface area contributed by atoms with Crippen LogP contribution in [0.5, 0.6) is 0 Å². The average molecular weight is 172 g/mol. The van der Waals surface area contributed by atoms with Crippen LogP contribution in [0.1, 0.15) is 35.1 Å². The minimum absolute atomic E-state index is 0.220. The summed E-state index contributed by atoms with van der Waals surface area (Å²) in [4.78, 5) is 0. The molecule has 13 heavy (non-hydrogen) atoms. The van der Waals surface area contributed by atoms with E-state index >= 15 is 0 Å². The molecule has 1 atom stereocenters. The summed E-state index contributed by atoms with van der Waals surface area (Å²) >= 11 is 0. The van der Waals surface area contributed by atoms with Crippen molar-refractivity contribution in [1.29, 1.82) is 0 Å². The van der Waals surface area contributed by atoms with E-state index in [1.54, 1.807) is 0 Å². The van der Waals surface area contributed by atoms with Crippen LogP contribution in [0.15, 0.2) is 12.1 Å². The largest absolute Gasteiger partial charge is 0.119 e. The predicted octanol–water partition coefficient (Wildman–Crippen LogP) is 3.35. The van der Waals surface area contributed by atoms with Gasteiger partial charge in [-0.2, -0.15) is 0 Å². The molecule has 1 unspecified atom stereocenters. The van der Waals surface area contributed by atoms with Crippen LogP contribution < -0.4 is 0 Å². The van der Waals surface area contributed by atoms with Crippen molar-refractivity contribution in [1.82, 2.24) is 0 Å². The maximum Gasteiger partial charge on any atom is 0.0421 e. The lowest BCUT2D eigenvalue weighted by Gasteiger charge is -2.10. The zero-order chi connectivity index (χ0) is 10.0. The molecule has 0 saturated heterocycles. The molecule has 0 radical (unpaired) electrons. The van der Waals surface area contributed by atoms with E-state index in [0.29, 0.717) is 0 Å². The summed E-state index contributed by atoms with van der Waals surface area (Å²) in [5.41, 5.74) is 5.28. The molecular formula is C13H16. The Labute approximate surface area is 81.0 Å². The highest BCUT2D eigenvalue weighted by atomic mass is 14.1. The highest BCUT2D eigenvalue weighted by molar-refractivity contribution is 5.39. The maximum absolute atomic E-state index is 5.39. The van der Waals surface area contributed by atoms with Gasteiger partial charge in [0.2, 0.25) is 0 Å². The lowest BCUT2D eigenvalue weighted by Crippen LogP contribution is -1.94. The number of aryl methyl sites for hydroxylation is 2. The van der Waals surface area contributed by atoms with Crippen LogP contribution in [0.25, 0.3) is 0 Å². The summed E-state index contributed by atoms with van der Waals surface area (Å²) in [5.74, 6) is 2.98. The molecule has 68 valence electrons. The third-order valence-electron chi connectivity index (χ3n) is 2.70. The van der Waals surface area contributed by atoms with Crippen molar-refractivity contribution in [2.45, 2.75) is 33.6 Å². The van der Waals surface area contributed by atoms with Crippen molar-refractivity contribution in [2.24, 2.45) is 0 Å². The molecule has 0 N–H and O–H groups in total. The van der Waals surface area contributed by atoms with Gasteiger partial charge in [-0.05, 0) is 49.9 Å². The van der Waals surface area contributed by atoms with Gasteiger partial charge in [-0.3, -0.25) is 0 Å². The molecule has 0 nitrogen and oxygen atoms in total. The third-order valence-corrected chi connectivity index (χ3v) is 2.70. The number of rotatable bonds is 1. The van der Waals surface area contributed by atoms with Gasteiger partial charge in [0.1, 0.15) is 0 Å². The number of terminal acetylenes is 1. The van der Waals surface area contributed by atoms with Crippen LogP contribution in [0.4, 0.5) is 0 Å². The lowest BCUT2D eigenvalue weighted by molar-refractivity contribution is 0.993. The molecule has 0 aliphatic carbocycles. The van der Waals surface area contributed by atoms with Gasteiger partial charge in [-0.1, -0.05) is 18.1 Å². The monoisotopic (exact) mass is 172 g/mol. The summed E-state index contributed by atoms with van der Waals surface area (Å²) in [5, 5.41) is 0.